The van der Waals surface area contributed by atoms with Crippen LogP contribution < -0.4 is 11.1 Å². The lowest BCUT2D eigenvalue weighted by atomic mass is 9.83. The molecule has 0 unspecified atom stereocenters. The first kappa shape index (κ1) is 16.7. The number of amides is 1. The van der Waals surface area contributed by atoms with Crippen molar-refractivity contribution in [3.63, 3.8) is 0 Å². The van der Waals surface area contributed by atoms with Crippen LogP contribution in [-0.2, 0) is 14.3 Å². The van der Waals surface area contributed by atoms with Gasteiger partial charge in [0.2, 0.25) is 5.91 Å². The monoisotopic (exact) mass is 298 g/mol. The average molecular weight is 298 g/mol. The number of nitrogens with one attached hydrogen (secondary N) is 1. The Balaban J connectivity index is 1.77. The average Bonchev–Trinajstić information content (AvgIpc) is 3.15. The van der Waals surface area contributed by atoms with E-state index in [4.69, 9.17) is 15.2 Å². The third kappa shape index (κ3) is 4.66. The minimum atomic E-state index is -0.302. The van der Waals surface area contributed by atoms with Crippen LogP contribution in [0.25, 0.3) is 0 Å². The summed E-state index contributed by atoms with van der Waals surface area (Å²) in [6, 6.07) is 0. The van der Waals surface area contributed by atoms with Crippen LogP contribution in [0.1, 0.15) is 51.9 Å². The number of nitrogens with two attached hydrogens (primary N) is 1. The number of hydrogen-bond donors (Lipinski definition) is 2. The zero-order chi connectivity index (χ0) is 15.1. The highest BCUT2D eigenvalue weighted by Crippen LogP contribution is 2.40. The van der Waals surface area contributed by atoms with E-state index in [0.717, 1.165) is 39.0 Å². The molecule has 0 aromatic carbocycles. The van der Waals surface area contributed by atoms with Crippen molar-refractivity contribution in [3.8, 4) is 0 Å². The fraction of sp³-hybridized carbons (Fsp3) is 0.938. The van der Waals surface area contributed by atoms with E-state index in [1.54, 1.807) is 0 Å². The summed E-state index contributed by atoms with van der Waals surface area (Å²) in [5, 5.41) is 3.12. The molecule has 2 fully saturated rings. The van der Waals surface area contributed by atoms with Crippen LogP contribution in [0, 0.1) is 5.41 Å². The lowest BCUT2D eigenvalue weighted by Crippen LogP contribution is -2.42. The Morgan fingerprint density at radius 3 is 2.76 bits per heavy atom. The molecule has 1 heterocycles. The summed E-state index contributed by atoms with van der Waals surface area (Å²) in [4.78, 5) is 12.2. The number of hydrogen-bond acceptors (Lipinski definition) is 4. The smallest absolute Gasteiger partial charge is 0.249 e. The predicted octanol–water partition coefficient (Wildman–Crippen LogP) is 1.60. The summed E-state index contributed by atoms with van der Waals surface area (Å²) >= 11 is 0. The van der Waals surface area contributed by atoms with Crippen LogP contribution >= 0.6 is 0 Å². The van der Waals surface area contributed by atoms with Gasteiger partial charge in [-0.2, -0.15) is 0 Å². The fourth-order valence-electron chi connectivity index (χ4n) is 3.53. The van der Waals surface area contributed by atoms with E-state index >= 15 is 0 Å². The molecule has 0 bridgehead atoms. The van der Waals surface area contributed by atoms with Crippen molar-refractivity contribution in [3.05, 3.63) is 0 Å². The minimum absolute atomic E-state index is 0.0358. The fourth-order valence-corrected chi connectivity index (χ4v) is 3.53. The molecule has 2 aliphatic rings. The molecule has 1 saturated heterocycles. The van der Waals surface area contributed by atoms with Crippen molar-refractivity contribution in [2.75, 3.05) is 26.3 Å². The van der Waals surface area contributed by atoms with Crippen LogP contribution in [0.2, 0.25) is 0 Å². The first-order valence-electron chi connectivity index (χ1n) is 8.40. The Hall–Kier alpha value is -0.650. The van der Waals surface area contributed by atoms with Crippen LogP contribution in [0.4, 0.5) is 0 Å². The molecular weight excluding hydrogens is 268 g/mol. The molecule has 3 N–H and O–H groups in total. The van der Waals surface area contributed by atoms with Crippen molar-refractivity contribution in [2.45, 2.75) is 64.1 Å². The van der Waals surface area contributed by atoms with Crippen molar-refractivity contribution < 1.29 is 14.3 Å². The van der Waals surface area contributed by atoms with Crippen molar-refractivity contribution >= 4 is 5.91 Å². The van der Waals surface area contributed by atoms with Gasteiger partial charge in [-0.3, -0.25) is 4.79 Å². The highest BCUT2D eigenvalue weighted by atomic mass is 16.5. The highest BCUT2D eigenvalue weighted by molar-refractivity contribution is 5.81. The van der Waals surface area contributed by atoms with Gasteiger partial charge >= 0.3 is 0 Å². The molecule has 5 nitrogen and oxygen atoms in total. The largest absolute Gasteiger partial charge is 0.382 e. The number of ether oxygens (including phenoxy) is 2. The maximum absolute atomic E-state index is 12.2. The maximum atomic E-state index is 12.2. The van der Waals surface area contributed by atoms with Gasteiger partial charge in [0.1, 0.15) is 6.10 Å². The topological polar surface area (TPSA) is 73.6 Å². The molecule has 2 atom stereocenters. The molecule has 21 heavy (non-hydrogen) atoms. The van der Waals surface area contributed by atoms with Gasteiger partial charge < -0.3 is 20.5 Å². The van der Waals surface area contributed by atoms with E-state index in [-0.39, 0.29) is 23.5 Å². The number of carbonyl (C=O) groups excluding carboxylic acids is 1. The molecule has 1 amide bonds. The third-order valence-electron chi connectivity index (χ3n) is 4.95. The van der Waals surface area contributed by atoms with Crippen LogP contribution in [-0.4, -0.2) is 44.4 Å². The normalized spacial score (nSPS) is 27.9. The Morgan fingerprint density at radius 1 is 1.38 bits per heavy atom. The minimum Gasteiger partial charge on any atom is -0.382 e. The van der Waals surface area contributed by atoms with Gasteiger partial charge in [0, 0.05) is 26.3 Å². The summed E-state index contributed by atoms with van der Waals surface area (Å²) in [5.41, 5.74) is 5.82. The lowest BCUT2D eigenvalue weighted by Gasteiger charge is -2.29. The second-order valence-corrected chi connectivity index (χ2v) is 6.43. The van der Waals surface area contributed by atoms with E-state index in [9.17, 15) is 4.79 Å². The standard InChI is InChI=1S/C16H30N2O3/c1-2-20-10-9-16(7-3-4-8-16)12-18-15(19)14-6-5-13(11-17)21-14/h13-14H,2-12,17H2,1H3,(H,18,19)/t13-,14+/m1/s1. The zero-order valence-corrected chi connectivity index (χ0v) is 13.2. The SMILES string of the molecule is CCOCCC1(CNC(=O)[C@@H]2CC[C@H](CN)O2)CCCC1. The Kier molecular flexibility index (Phi) is 6.45. The second kappa shape index (κ2) is 8.11. The van der Waals surface area contributed by atoms with E-state index < -0.39 is 0 Å². The molecule has 5 heteroatoms. The molecule has 1 aliphatic carbocycles. The van der Waals surface area contributed by atoms with Gasteiger partial charge in [-0.25, -0.2) is 0 Å². The molecule has 0 radical (unpaired) electrons. The van der Waals surface area contributed by atoms with E-state index in [1.807, 2.05) is 6.92 Å². The Labute approximate surface area is 127 Å². The van der Waals surface area contributed by atoms with Gasteiger partial charge in [0.15, 0.2) is 0 Å². The van der Waals surface area contributed by atoms with E-state index in [0.29, 0.717) is 6.54 Å². The summed E-state index contributed by atoms with van der Waals surface area (Å²) in [6.45, 7) is 4.84. The zero-order valence-electron chi connectivity index (χ0n) is 13.2. The van der Waals surface area contributed by atoms with Gasteiger partial charge in [-0.15, -0.1) is 0 Å². The highest BCUT2D eigenvalue weighted by Gasteiger charge is 2.36. The van der Waals surface area contributed by atoms with Gasteiger partial charge in [-0.1, -0.05) is 12.8 Å². The second-order valence-electron chi connectivity index (χ2n) is 6.43. The summed E-state index contributed by atoms with van der Waals surface area (Å²) < 4.78 is 11.2. The van der Waals surface area contributed by atoms with E-state index in [2.05, 4.69) is 5.32 Å². The predicted molar refractivity (Wildman–Crippen MR) is 82.0 cm³/mol. The Bertz CT molecular complexity index is 329. The van der Waals surface area contributed by atoms with Crippen molar-refractivity contribution in [1.82, 2.24) is 5.32 Å². The number of rotatable bonds is 8. The maximum Gasteiger partial charge on any atom is 0.249 e. The quantitative estimate of drug-likeness (QED) is 0.668. The van der Waals surface area contributed by atoms with Crippen LogP contribution in [0.5, 0.6) is 0 Å². The molecule has 1 saturated carbocycles. The molecular formula is C16H30N2O3. The van der Waals surface area contributed by atoms with Gasteiger partial charge in [-0.05, 0) is 44.4 Å². The molecule has 0 aromatic rings. The van der Waals surface area contributed by atoms with Crippen molar-refractivity contribution in [2.24, 2.45) is 11.1 Å². The number of carbonyl (C=O) groups is 1. The third-order valence-corrected chi connectivity index (χ3v) is 4.95. The molecule has 0 spiro atoms. The molecule has 122 valence electrons. The lowest BCUT2D eigenvalue weighted by molar-refractivity contribution is -0.132. The summed E-state index contributed by atoms with van der Waals surface area (Å²) in [5.74, 6) is 0.0358. The van der Waals surface area contributed by atoms with Gasteiger partial charge in [0.25, 0.3) is 0 Å². The first-order valence-corrected chi connectivity index (χ1v) is 8.40. The summed E-state index contributed by atoms with van der Waals surface area (Å²) in [7, 11) is 0. The van der Waals surface area contributed by atoms with E-state index in [1.165, 1.54) is 25.7 Å². The molecule has 2 rings (SSSR count). The molecule has 1 aliphatic heterocycles. The van der Waals surface area contributed by atoms with Crippen LogP contribution in [0.15, 0.2) is 0 Å². The summed E-state index contributed by atoms with van der Waals surface area (Å²) in [6.07, 6.45) is 7.38. The Morgan fingerprint density at radius 2 is 2.14 bits per heavy atom. The van der Waals surface area contributed by atoms with Gasteiger partial charge in [0.05, 0.1) is 6.10 Å². The first-order chi connectivity index (χ1) is 10.2. The van der Waals surface area contributed by atoms with Crippen LogP contribution in [0.3, 0.4) is 0 Å². The van der Waals surface area contributed by atoms with Crippen molar-refractivity contribution in [1.29, 1.82) is 0 Å². The molecule has 0 aromatic heterocycles.